The number of hydrogen-bond donors (Lipinski definition) is 0. The summed E-state index contributed by atoms with van der Waals surface area (Å²) in [7, 11) is -7.69. The van der Waals surface area contributed by atoms with E-state index in [0.717, 1.165) is 33.5 Å². The van der Waals surface area contributed by atoms with Crippen LogP contribution < -0.4 is 62.2 Å². The first kappa shape index (κ1) is 58.7. The van der Waals surface area contributed by atoms with E-state index < -0.39 is 24.2 Å². The minimum Gasteiger partial charge on any atom is -0.456 e. The van der Waals surface area contributed by atoms with Crippen LogP contribution in [0.1, 0.15) is 16.7 Å². The van der Waals surface area contributed by atoms with Crippen LogP contribution in [0.25, 0.3) is 99.2 Å². The molecule has 3 nitrogen and oxygen atoms in total. The summed E-state index contributed by atoms with van der Waals surface area (Å²) in [4.78, 5) is 0. The summed E-state index contributed by atoms with van der Waals surface area (Å²) in [6.07, 6.45) is 0. The summed E-state index contributed by atoms with van der Waals surface area (Å²) in [5.41, 5.74) is 17.7. The maximum absolute atomic E-state index is 6.79. The lowest BCUT2D eigenvalue weighted by Crippen LogP contribution is -2.72. The fourth-order valence-electron chi connectivity index (χ4n) is 17.7. The third-order valence-corrected chi connectivity index (χ3v) is 36.4. The fourth-order valence-corrected chi connectivity index (χ4v) is 33.6. The molecule has 0 saturated heterocycles. The molecule has 468 valence electrons. The van der Waals surface area contributed by atoms with E-state index in [1.165, 1.54) is 145 Å². The number of rotatable bonds is 6. The highest BCUT2D eigenvalue weighted by Crippen LogP contribution is 2.41. The zero-order valence-electron chi connectivity index (χ0n) is 55.1. The molecule has 0 unspecified atom stereocenters. The lowest BCUT2D eigenvalue weighted by Gasteiger charge is -2.31. The summed E-state index contributed by atoms with van der Waals surface area (Å²) >= 11 is 0. The van der Waals surface area contributed by atoms with Crippen molar-refractivity contribution in [3.63, 3.8) is 0 Å². The van der Waals surface area contributed by atoms with Gasteiger partial charge in [-0.25, -0.2) is 0 Å². The van der Waals surface area contributed by atoms with E-state index in [1.54, 1.807) is 0 Å². The summed E-state index contributed by atoms with van der Waals surface area (Å²) in [6.45, 7) is 6.41. The van der Waals surface area contributed by atoms with E-state index in [0.29, 0.717) is 0 Å². The second kappa shape index (κ2) is 23.0. The van der Waals surface area contributed by atoms with Crippen LogP contribution in [0.5, 0.6) is 0 Å². The van der Waals surface area contributed by atoms with Crippen molar-refractivity contribution in [2.24, 2.45) is 0 Å². The van der Waals surface area contributed by atoms with Gasteiger partial charge in [0.25, 0.3) is 0 Å². The molecule has 6 heteroatoms. The number of benzene rings is 15. The summed E-state index contributed by atoms with van der Waals surface area (Å²) in [6, 6.07) is 127. The Kier molecular flexibility index (Phi) is 13.6. The van der Waals surface area contributed by atoms with E-state index in [1.807, 2.05) is 0 Å². The van der Waals surface area contributed by atoms with Crippen LogP contribution in [0.3, 0.4) is 0 Å². The largest absolute Gasteiger partial charge is 0.456 e. The molecule has 0 bridgehead atoms. The molecule has 0 atom stereocenters. The van der Waals surface area contributed by atoms with E-state index in [9.17, 15) is 0 Å². The molecule has 0 radical (unpaired) electrons. The molecule has 15 aromatic carbocycles. The van der Waals surface area contributed by atoms with Crippen molar-refractivity contribution < 1.29 is 13.3 Å². The molecular formula is C93H66O3Si3. The van der Waals surface area contributed by atoms with Crippen molar-refractivity contribution in [3.8, 4) is 33.4 Å². The predicted octanol–water partition coefficient (Wildman–Crippen LogP) is 15.8. The van der Waals surface area contributed by atoms with Gasteiger partial charge in [0.1, 0.15) is 33.5 Å². The second-order valence-electron chi connectivity index (χ2n) is 26.9. The first-order valence-electron chi connectivity index (χ1n) is 34.4. The molecule has 0 saturated carbocycles. The van der Waals surface area contributed by atoms with Crippen LogP contribution >= 0.6 is 0 Å². The molecule has 3 aliphatic heterocycles. The smallest absolute Gasteiger partial charge is 0.185 e. The van der Waals surface area contributed by atoms with Gasteiger partial charge >= 0.3 is 0 Å². The Bertz CT molecular complexity index is 5920. The maximum atomic E-state index is 6.79. The molecule has 99 heavy (non-hydrogen) atoms. The Morgan fingerprint density at radius 1 is 0.202 bits per heavy atom. The maximum Gasteiger partial charge on any atom is 0.185 e. The normalized spacial score (nSPS) is 13.8. The van der Waals surface area contributed by atoms with Gasteiger partial charge in [-0.3, -0.25) is 0 Å². The number of para-hydroxylation sites is 1. The number of fused-ring (bicyclic) bond motifs is 21. The molecule has 0 aliphatic carbocycles. The second-order valence-corrected chi connectivity index (χ2v) is 38.0. The topological polar surface area (TPSA) is 39.4 Å². The van der Waals surface area contributed by atoms with E-state index in [-0.39, 0.29) is 0 Å². The van der Waals surface area contributed by atoms with Crippen LogP contribution in [0.15, 0.2) is 359 Å². The van der Waals surface area contributed by atoms with Gasteiger partial charge in [0.15, 0.2) is 24.2 Å². The Balaban J connectivity index is 0.000000104. The van der Waals surface area contributed by atoms with Crippen LogP contribution in [0.2, 0.25) is 0 Å². The first-order valence-corrected chi connectivity index (χ1v) is 40.4. The van der Waals surface area contributed by atoms with E-state index >= 15 is 0 Å². The third kappa shape index (κ3) is 8.53. The van der Waals surface area contributed by atoms with Gasteiger partial charge in [-0.2, -0.15) is 0 Å². The predicted molar refractivity (Wildman–Crippen MR) is 423 cm³/mol. The molecule has 0 N–H and O–H groups in total. The van der Waals surface area contributed by atoms with Gasteiger partial charge in [-0.15, -0.1) is 0 Å². The minimum atomic E-state index is -2.56. The van der Waals surface area contributed by atoms with Crippen molar-refractivity contribution in [1.82, 2.24) is 0 Å². The van der Waals surface area contributed by atoms with E-state index in [4.69, 9.17) is 13.3 Å². The summed E-state index contributed by atoms with van der Waals surface area (Å²) in [5, 5.41) is 24.1. The number of furan rings is 3. The number of aryl methyl sites for hydroxylation is 3. The minimum absolute atomic E-state index is 0.962. The lowest BCUT2D eigenvalue weighted by atomic mass is 10.0. The highest BCUT2D eigenvalue weighted by atomic mass is 28.3. The van der Waals surface area contributed by atoms with Gasteiger partial charge < -0.3 is 13.3 Å². The quantitative estimate of drug-likeness (QED) is 0.156. The monoisotopic (exact) mass is 1310 g/mol. The molecule has 3 aromatic heterocycles. The molecular weight excluding hydrogens is 1250 g/mol. The average Bonchev–Trinajstić information content (AvgIpc) is 1.55. The zero-order chi connectivity index (χ0) is 66.0. The number of hydrogen-bond acceptors (Lipinski definition) is 3. The molecule has 6 heterocycles. The van der Waals surface area contributed by atoms with Gasteiger partial charge in [-0.1, -0.05) is 315 Å². The van der Waals surface area contributed by atoms with Crippen LogP contribution in [0.4, 0.5) is 0 Å². The van der Waals surface area contributed by atoms with Gasteiger partial charge in [0.2, 0.25) is 0 Å². The summed E-state index contributed by atoms with van der Waals surface area (Å²) in [5.74, 6) is 0. The third-order valence-electron chi connectivity index (χ3n) is 21.7. The van der Waals surface area contributed by atoms with Gasteiger partial charge in [-0.05, 0) is 148 Å². The SMILES string of the molecule is Cc1ccc2c(c1)oc1c3c(ccc12)-c1ccccc1[Si]3(c1ccccc1)c1ccccc1.Cc1ccc2oc3c4c(ccc3c2c1)-c1ccccc1[Si]4(c1ccccc1)c1ccccc1.Cc1cccc2c1oc1c3c(ccc12)-c1ccccc1[Si]3(c1ccccc1)c1ccccc1. The molecule has 0 spiro atoms. The van der Waals surface area contributed by atoms with Crippen LogP contribution in [-0.2, 0) is 0 Å². The van der Waals surface area contributed by atoms with E-state index in [2.05, 4.69) is 367 Å². The highest BCUT2D eigenvalue weighted by molar-refractivity contribution is 7.24. The standard InChI is InChI=1S/3C31H22OSi/c1-21-11-10-17-25-26-19-20-27-24-16-8-9-18-28(24)33(22-12-4-2-5-13-22,23-14-6-3-7-15-23)31(27)30(26)32-29(21)25;1-21-16-19-28-27(20-21)25-17-18-26-24-14-8-9-15-29(24)33(31(26)30(25)32-28,22-10-4-2-5-11-22)23-12-6-3-7-13-23;1-21-16-17-24-26-18-19-27-25-14-8-9-15-29(25)33(22-10-4-2-5-11-22,23-12-6-3-7-13-23)31(27)30(26)32-28(24)20-21/h3*2-20H,1H3. The van der Waals surface area contributed by atoms with Crippen molar-refractivity contribution in [1.29, 1.82) is 0 Å². The Morgan fingerprint density at radius 2 is 0.515 bits per heavy atom. The van der Waals surface area contributed by atoms with Gasteiger partial charge in [0.05, 0.1) is 0 Å². The Hall–Kier alpha value is -11.6. The Labute approximate surface area is 578 Å². The lowest BCUT2D eigenvalue weighted by molar-refractivity contribution is 0.668. The van der Waals surface area contributed by atoms with Crippen molar-refractivity contribution in [2.45, 2.75) is 20.8 Å². The zero-order valence-corrected chi connectivity index (χ0v) is 58.1. The molecule has 3 aliphatic rings. The van der Waals surface area contributed by atoms with Gasteiger partial charge in [0, 0.05) is 47.9 Å². The highest BCUT2D eigenvalue weighted by Gasteiger charge is 2.54. The first-order chi connectivity index (χ1) is 48.9. The van der Waals surface area contributed by atoms with Crippen molar-refractivity contribution in [3.05, 3.63) is 362 Å². The van der Waals surface area contributed by atoms with Crippen molar-refractivity contribution in [2.75, 3.05) is 0 Å². The van der Waals surface area contributed by atoms with Crippen LogP contribution in [-0.4, -0.2) is 24.2 Å². The molecule has 21 rings (SSSR count). The Morgan fingerprint density at radius 3 is 0.929 bits per heavy atom. The van der Waals surface area contributed by atoms with Crippen LogP contribution in [0, 0.1) is 20.8 Å². The summed E-state index contributed by atoms with van der Waals surface area (Å²) < 4.78 is 20.2. The van der Waals surface area contributed by atoms with Crippen molar-refractivity contribution >= 4 is 152 Å². The average molecular weight is 1320 g/mol. The molecule has 0 fully saturated rings. The molecule has 0 amide bonds. The molecule has 18 aromatic rings. The fraction of sp³-hybridized carbons (Fsp3) is 0.0323.